The first-order valence-corrected chi connectivity index (χ1v) is 6.92. The van der Waals surface area contributed by atoms with Crippen LogP contribution in [-0.2, 0) is 6.42 Å². The van der Waals surface area contributed by atoms with E-state index in [1.54, 1.807) is 30.5 Å². The van der Waals surface area contributed by atoms with E-state index in [0.717, 1.165) is 16.6 Å². The number of ether oxygens (including phenoxy) is 1. The molecular formula is C17H15N3O2. The van der Waals surface area contributed by atoms with Crippen molar-refractivity contribution >= 4 is 23.2 Å². The van der Waals surface area contributed by atoms with Gasteiger partial charge < -0.3 is 9.72 Å². The van der Waals surface area contributed by atoms with Crippen LogP contribution in [0, 0.1) is 0 Å². The Balaban J connectivity index is 1.51. The molecule has 0 radical (unpaired) electrons. The van der Waals surface area contributed by atoms with E-state index < -0.39 is 6.09 Å². The van der Waals surface area contributed by atoms with E-state index >= 15 is 0 Å². The topological polar surface area (TPSA) is 66.5 Å². The van der Waals surface area contributed by atoms with Crippen molar-refractivity contribution in [3.8, 4) is 5.75 Å². The van der Waals surface area contributed by atoms with Crippen molar-refractivity contribution in [3.63, 3.8) is 0 Å². The second-order valence-electron chi connectivity index (χ2n) is 4.71. The molecule has 3 rings (SSSR count). The monoisotopic (exact) mass is 293 g/mol. The standard InChI is InChI=1S/C17H15N3O2/c21-17(22-15-7-2-1-3-8-15)20-18-11-10-14-12-13-6-4-5-9-16(13)19-14/h1-9,11-12,19H,10H2,(H,20,21). The van der Waals surface area contributed by atoms with Crippen molar-refractivity contribution in [2.75, 3.05) is 0 Å². The molecule has 0 unspecified atom stereocenters. The van der Waals surface area contributed by atoms with Crippen LogP contribution in [0.1, 0.15) is 5.69 Å². The van der Waals surface area contributed by atoms with Crippen LogP contribution in [0.15, 0.2) is 65.8 Å². The Morgan fingerprint density at radius 1 is 1.14 bits per heavy atom. The van der Waals surface area contributed by atoms with Crippen molar-refractivity contribution < 1.29 is 9.53 Å². The quantitative estimate of drug-likeness (QED) is 0.571. The van der Waals surface area contributed by atoms with Crippen molar-refractivity contribution in [1.82, 2.24) is 10.4 Å². The molecule has 110 valence electrons. The Morgan fingerprint density at radius 2 is 1.91 bits per heavy atom. The summed E-state index contributed by atoms with van der Waals surface area (Å²) in [5, 5.41) is 5.02. The minimum Gasteiger partial charge on any atom is -0.409 e. The van der Waals surface area contributed by atoms with E-state index in [-0.39, 0.29) is 0 Å². The molecule has 0 aliphatic carbocycles. The molecule has 1 aromatic heterocycles. The zero-order chi connectivity index (χ0) is 15.2. The largest absolute Gasteiger partial charge is 0.433 e. The highest BCUT2D eigenvalue weighted by Gasteiger charge is 2.01. The molecule has 0 aliphatic rings. The van der Waals surface area contributed by atoms with Gasteiger partial charge in [-0.2, -0.15) is 5.10 Å². The van der Waals surface area contributed by atoms with E-state index in [2.05, 4.69) is 21.6 Å². The van der Waals surface area contributed by atoms with Gasteiger partial charge in [-0.05, 0) is 29.7 Å². The molecule has 1 heterocycles. The van der Waals surface area contributed by atoms with Crippen molar-refractivity contribution in [3.05, 3.63) is 66.4 Å². The first kappa shape index (κ1) is 13.9. The highest BCUT2D eigenvalue weighted by Crippen LogP contribution is 2.14. The Labute approximate surface area is 127 Å². The third kappa shape index (κ3) is 3.52. The first-order valence-electron chi connectivity index (χ1n) is 6.92. The van der Waals surface area contributed by atoms with Gasteiger partial charge in [0.1, 0.15) is 5.75 Å². The smallest absolute Gasteiger partial charge is 0.409 e. The average Bonchev–Trinajstić information content (AvgIpc) is 2.95. The lowest BCUT2D eigenvalue weighted by Crippen LogP contribution is -2.21. The fourth-order valence-electron chi connectivity index (χ4n) is 2.10. The van der Waals surface area contributed by atoms with E-state index in [4.69, 9.17) is 4.74 Å². The molecule has 0 spiro atoms. The number of nitrogens with one attached hydrogen (secondary N) is 2. The number of fused-ring (bicyclic) bond motifs is 1. The fraction of sp³-hybridized carbons (Fsp3) is 0.0588. The molecule has 22 heavy (non-hydrogen) atoms. The molecule has 0 fully saturated rings. The number of rotatable bonds is 4. The van der Waals surface area contributed by atoms with Crippen LogP contribution in [0.5, 0.6) is 5.75 Å². The maximum absolute atomic E-state index is 11.5. The molecule has 0 saturated carbocycles. The number of hydrogen-bond acceptors (Lipinski definition) is 3. The summed E-state index contributed by atoms with van der Waals surface area (Å²) in [6.07, 6.45) is 1.61. The number of aromatic nitrogens is 1. The lowest BCUT2D eigenvalue weighted by molar-refractivity contribution is 0.201. The van der Waals surface area contributed by atoms with Gasteiger partial charge in [0.25, 0.3) is 0 Å². The van der Waals surface area contributed by atoms with Gasteiger partial charge >= 0.3 is 6.09 Å². The fourth-order valence-corrected chi connectivity index (χ4v) is 2.10. The summed E-state index contributed by atoms with van der Waals surface area (Å²) in [6.45, 7) is 0. The van der Waals surface area contributed by atoms with Gasteiger partial charge in [-0.1, -0.05) is 36.4 Å². The summed E-state index contributed by atoms with van der Waals surface area (Å²) in [7, 11) is 0. The molecule has 3 aromatic rings. The minimum absolute atomic E-state index is 0.478. The molecule has 2 aromatic carbocycles. The second-order valence-corrected chi connectivity index (χ2v) is 4.71. The van der Waals surface area contributed by atoms with E-state index in [9.17, 15) is 4.79 Å². The summed E-state index contributed by atoms with van der Waals surface area (Å²) in [5.74, 6) is 0.478. The van der Waals surface area contributed by atoms with Crippen molar-refractivity contribution in [1.29, 1.82) is 0 Å². The molecule has 0 bridgehead atoms. The number of benzene rings is 2. The van der Waals surface area contributed by atoms with Crippen LogP contribution < -0.4 is 10.2 Å². The Hall–Kier alpha value is -3.08. The van der Waals surface area contributed by atoms with Gasteiger partial charge in [0, 0.05) is 23.8 Å². The predicted molar refractivity (Wildman–Crippen MR) is 86.1 cm³/mol. The highest BCUT2D eigenvalue weighted by molar-refractivity contribution is 5.81. The number of aromatic amines is 1. The van der Waals surface area contributed by atoms with Gasteiger partial charge in [-0.3, -0.25) is 0 Å². The number of hydrogen-bond donors (Lipinski definition) is 2. The molecule has 0 saturated heterocycles. The van der Waals surface area contributed by atoms with E-state index in [1.165, 1.54) is 0 Å². The van der Waals surface area contributed by atoms with E-state index in [0.29, 0.717) is 12.2 Å². The first-order chi connectivity index (χ1) is 10.8. The SMILES string of the molecule is O=C(NN=CCc1cc2ccccc2[nH]1)Oc1ccccc1. The number of H-pyrrole nitrogens is 1. The molecule has 5 nitrogen and oxygen atoms in total. The number of amides is 1. The third-order valence-electron chi connectivity index (χ3n) is 3.10. The number of carbonyl (C=O) groups is 1. The lowest BCUT2D eigenvalue weighted by Gasteiger charge is -2.01. The minimum atomic E-state index is -0.612. The van der Waals surface area contributed by atoms with Crippen LogP contribution in [-0.4, -0.2) is 17.3 Å². The zero-order valence-corrected chi connectivity index (χ0v) is 11.8. The third-order valence-corrected chi connectivity index (χ3v) is 3.10. The molecule has 0 atom stereocenters. The molecule has 5 heteroatoms. The van der Waals surface area contributed by atoms with Crippen molar-refractivity contribution in [2.24, 2.45) is 5.10 Å². The number of para-hydroxylation sites is 2. The molecule has 2 N–H and O–H groups in total. The molecule has 0 aliphatic heterocycles. The predicted octanol–water partition coefficient (Wildman–Crippen LogP) is 3.48. The summed E-state index contributed by atoms with van der Waals surface area (Å²) >= 11 is 0. The number of hydrazone groups is 1. The normalized spacial score (nSPS) is 10.9. The summed E-state index contributed by atoms with van der Waals surface area (Å²) in [6, 6.07) is 18.9. The van der Waals surface area contributed by atoms with Crippen LogP contribution in [0.25, 0.3) is 10.9 Å². The van der Waals surface area contributed by atoms with Gasteiger partial charge in [0.2, 0.25) is 0 Å². The van der Waals surface area contributed by atoms with Crippen LogP contribution in [0.4, 0.5) is 4.79 Å². The van der Waals surface area contributed by atoms with Gasteiger partial charge in [-0.15, -0.1) is 0 Å². The van der Waals surface area contributed by atoms with Crippen molar-refractivity contribution in [2.45, 2.75) is 6.42 Å². The van der Waals surface area contributed by atoms with Gasteiger partial charge in [-0.25, -0.2) is 10.2 Å². The summed E-state index contributed by atoms with van der Waals surface area (Å²) in [5.41, 5.74) is 4.45. The Kier molecular flexibility index (Phi) is 4.15. The van der Waals surface area contributed by atoms with Crippen LogP contribution in [0.2, 0.25) is 0 Å². The Bertz CT molecular complexity index is 761. The van der Waals surface area contributed by atoms with Gasteiger partial charge in [0.15, 0.2) is 0 Å². The average molecular weight is 293 g/mol. The lowest BCUT2D eigenvalue weighted by atomic mass is 10.2. The van der Waals surface area contributed by atoms with Gasteiger partial charge in [0.05, 0.1) is 0 Å². The maximum Gasteiger partial charge on any atom is 0.433 e. The van der Waals surface area contributed by atoms with Crippen LogP contribution in [0.3, 0.4) is 0 Å². The number of carbonyl (C=O) groups excluding carboxylic acids is 1. The maximum atomic E-state index is 11.5. The Morgan fingerprint density at radius 3 is 2.73 bits per heavy atom. The molecular weight excluding hydrogens is 278 g/mol. The number of nitrogens with zero attached hydrogens (tertiary/aromatic N) is 1. The summed E-state index contributed by atoms with van der Waals surface area (Å²) < 4.78 is 5.04. The second kappa shape index (κ2) is 6.58. The highest BCUT2D eigenvalue weighted by atomic mass is 16.6. The summed E-state index contributed by atoms with van der Waals surface area (Å²) in [4.78, 5) is 14.8. The molecule has 1 amide bonds. The van der Waals surface area contributed by atoms with E-state index in [1.807, 2.05) is 30.3 Å². The van der Waals surface area contributed by atoms with Crippen LogP contribution >= 0.6 is 0 Å². The zero-order valence-electron chi connectivity index (χ0n) is 11.8.